The van der Waals surface area contributed by atoms with Crippen LogP contribution in [0.4, 0.5) is 4.39 Å². The summed E-state index contributed by atoms with van der Waals surface area (Å²) in [7, 11) is 1.59. The number of allylic oxidation sites excluding steroid dienone is 1. The molecule has 4 nitrogen and oxygen atoms in total. The lowest BCUT2D eigenvalue weighted by Gasteiger charge is -2.02. The number of halogens is 1. The Hall–Kier alpha value is -2.95. The molecule has 112 valence electrons. The van der Waals surface area contributed by atoms with Crippen LogP contribution in [-0.4, -0.2) is 19.2 Å². The van der Waals surface area contributed by atoms with Crippen molar-refractivity contribution in [1.29, 1.82) is 0 Å². The Bertz CT molecular complexity index is 711. The molecule has 0 aromatic heterocycles. The van der Waals surface area contributed by atoms with Gasteiger partial charge in [-0.3, -0.25) is 4.79 Å². The number of carbonyl (C=O) groups excluding carboxylic acids is 1. The van der Waals surface area contributed by atoms with Gasteiger partial charge in [-0.25, -0.2) is 9.82 Å². The summed E-state index contributed by atoms with van der Waals surface area (Å²) >= 11 is 0. The number of carbonyl (C=O) groups is 1. The molecule has 0 radical (unpaired) electrons. The second kappa shape index (κ2) is 7.73. The van der Waals surface area contributed by atoms with Crippen LogP contribution < -0.4 is 10.2 Å². The molecule has 2 aromatic carbocycles. The summed E-state index contributed by atoms with van der Waals surface area (Å²) in [5, 5.41) is 3.74. The molecule has 0 bridgehead atoms. The van der Waals surface area contributed by atoms with E-state index in [1.807, 2.05) is 24.3 Å². The van der Waals surface area contributed by atoms with Crippen molar-refractivity contribution < 1.29 is 13.9 Å². The molecule has 0 fully saturated rings. The molecule has 2 aromatic rings. The summed E-state index contributed by atoms with van der Waals surface area (Å²) in [6, 6.07) is 13.2. The van der Waals surface area contributed by atoms with Gasteiger partial charge in [0, 0.05) is 11.8 Å². The smallest absolute Gasteiger partial charge is 0.274 e. The molecule has 2 rings (SSSR count). The number of hydrogen-bond donors (Lipinski definition) is 1. The highest BCUT2D eigenvalue weighted by molar-refractivity contribution is 5.95. The number of ether oxygens (including phenoxy) is 1. The fourth-order valence-corrected chi connectivity index (χ4v) is 1.80. The third kappa shape index (κ3) is 4.02. The zero-order valence-electron chi connectivity index (χ0n) is 12.0. The fourth-order valence-electron chi connectivity index (χ4n) is 1.80. The SMILES string of the molecule is COc1ccccc1C=CC=NNC(=O)c1ccccc1F. The van der Waals surface area contributed by atoms with Crippen molar-refractivity contribution in [2.75, 3.05) is 7.11 Å². The maximum Gasteiger partial charge on any atom is 0.274 e. The third-order valence-electron chi connectivity index (χ3n) is 2.86. The number of nitrogens with zero attached hydrogens (tertiary/aromatic N) is 1. The highest BCUT2D eigenvalue weighted by atomic mass is 19.1. The Balaban J connectivity index is 1.95. The predicted molar refractivity (Wildman–Crippen MR) is 84.4 cm³/mol. The zero-order valence-corrected chi connectivity index (χ0v) is 12.0. The maximum atomic E-state index is 13.4. The van der Waals surface area contributed by atoms with Gasteiger partial charge in [-0.15, -0.1) is 0 Å². The van der Waals surface area contributed by atoms with E-state index in [2.05, 4.69) is 10.5 Å². The molecule has 0 aliphatic heterocycles. The van der Waals surface area contributed by atoms with E-state index in [-0.39, 0.29) is 5.56 Å². The van der Waals surface area contributed by atoms with Gasteiger partial charge in [-0.2, -0.15) is 5.10 Å². The molecular formula is C17H15FN2O2. The van der Waals surface area contributed by atoms with Crippen LogP contribution in [0.5, 0.6) is 5.75 Å². The number of hydrazone groups is 1. The van der Waals surface area contributed by atoms with Gasteiger partial charge in [0.2, 0.25) is 0 Å². The van der Waals surface area contributed by atoms with Crippen LogP contribution in [0.1, 0.15) is 15.9 Å². The number of rotatable bonds is 5. The van der Waals surface area contributed by atoms with E-state index >= 15 is 0 Å². The van der Waals surface area contributed by atoms with Gasteiger partial charge in [0.05, 0.1) is 12.7 Å². The van der Waals surface area contributed by atoms with E-state index in [1.165, 1.54) is 24.4 Å². The van der Waals surface area contributed by atoms with Crippen LogP contribution in [0.15, 0.2) is 59.7 Å². The van der Waals surface area contributed by atoms with E-state index in [0.717, 1.165) is 11.3 Å². The highest BCUT2D eigenvalue weighted by Gasteiger charge is 2.08. The largest absolute Gasteiger partial charge is 0.496 e. The van der Waals surface area contributed by atoms with Crippen molar-refractivity contribution in [3.05, 3.63) is 71.6 Å². The van der Waals surface area contributed by atoms with E-state index < -0.39 is 11.7 Å². The van der Waals surface area contributed by atoms with Crippen molar-refractivity contribution >= 4 is 18.2 Å². The Morgan fingerprint density at radius 1 is 1.18 bits per heavy atom. The topological polar surface area (TPSA) is 50.7 Å². The third-order valence-corrected chi connectivity index (χ3v) is 2.86. The Morgan fingerprint density at radius 3 is 2.68 bits per heavy atom. The monoisotopic (exact) mass is 298 g/mol. The van der Waals surface area contributed by atoms with Gasteiger partial charge in [0.15, 0.2) is 0 Å². The molecular weight excluding hydrogens is 283 g/mol. The minimum absolute atomic E-state index is 0.0478. The first-order valence-electron chi connectivity index (χ1n) is 6.60. The van der Waals surface area contributed by atoms with Gasteiger partial charge in [0.25, 0.3) is 5.91 Å². The van der Waals surface area contributed by atoms with Crippen LogP contribution in [0.25, 0.3) is 6.08 Å². The summed E-state index contributed by atoms with van der Waals surface area (Å²) in [6.07, 6.45) is 4.85. The summed E-state index contributed by atoms with van der Waals surface area (Å²) in [5.74, 6) is -0.442. The quantitative estimate of drug-likeness (QED) is 0.680. The molecule has 0 aliphatic carbocycles. The lowest BCUT2D eigenvalue weighted by Crippen LogP contribution is -2.18. The average molecular weight is 298 g/mol. The van der Waals surface area contributed by atoms with Crippen molar-refractivity contribution in [2.24, 2.45) is 5.10 Å². The Morgan fingerprint density at radius 2 is 1.91 bits per heavy atom. The van der Waals surface area contributed by atoms with Crippen LogP contribution in [0.2, 0.25) is 0 Å². The normalized spacial score (nSPS) is 11.0. The molecule has 0 saturated carbocycles. The first kappa shape index (κ1) is 15.4. The van der Waals surface area contributed by atoms with Crippen molar-refractivity contribution in [3.63, 3.8) is 0 Å². The molecule has 1 amide bonds. The molecule has 1 N–H and O–H groups in total. The molecule has 5 heteroatoms. The molecule has 0 heterocycles. The minimum atomic E-state index is -0.597. The van der Waals surface area contributed by atoms with E-state index in [0.29, 0.717) is 0 Å². The number of hydrogen-bond acceptors (Lipinski definition) is 3. The second-order valence-corrected chi connectivity index (χ2v) is 4.30. The summed E-state index contributed by atoms with van der Waals surface area (Å²) in [4.78, 5) is 11.7. The summed E-state index contributed by atoms with van der Waals surface area (Å²) in [6.45, 7) is 0. The standard InChI is InChI=1S/C17H15FN2O2/c1-22-16-11-5-2-7-13(16)8-6-12-19-20-17(21)14-9-3-4-10-15(14)18/h2-12H,1H3,(H,20,21). The van der Waals surface area contributed by atoms with Crippen LogP contribution >= 0.6 is 0 Å². The van der Waals surface area contributed by atoms with Gasteiger partial charge in [-0.05, 0) is 30.4 Å². The van der Waals surface area contributed by atoms with E-state index in [4.69, 9.17) is 4.74 Å². The van der Waals surface area contributed by atoms with Gasteiger partial charge in [-0.1, -0.05) is 30.3 Å². The second-order valence-electron chi connectivity index (χ2n) is 4.30. The molecule has 0 atom stereocenters. The predicted octanol–water partition coefficient (Wildman–Crippen LogP) is 3.26. The lowest BCUT2D eigenvalue weighted by molar-refractivity contribution is 0.0951. The molecule has 0 saturated heterocycles. The van der Waals surface area contributed by atoms with Crippen molar-refractivity contribution in [2.45, 2.75) is 0 Å². The maximum absolute atomic E-state index is 13.4. The van der Waals surface area contributed by atoms with Crippen LogP contribution in [-0.2, 0) is 0 Å². The zero-order chi connectivity index (χ0) is 15.8. The minimum Gasteiger partial charge on any atom is -0.496 e. The van der Waals surface area contributed by atoms with Gasteiger partial charge >= 0.3 is 0 Å². The fraction of sp³-hybridized carbons (Fsp3) is 0.0588. The molecule has 0 aliphatic rings. The molecule has 0 unspecified atom stereocenters. The number of para-hydroxylation sites is 1. The first-order valence-corrected chi connectivity index (χ1v) is 6.60. The number of amides is 1. The van der Waals surface area contributed by atoms with Gasteiger partial charge in [0.1, 0.15) is 11.6 Å². The first-order chi connectivity index (χ1) is 10.7. The van der Waals surface area contributed by atoms with Crippen LogP contribution in [0, 0.1) is 5.82 Å². The number of methoxy groups -OCH3 is 1. The Labute approximate surface area is 127 Å². The number of nitrogens with one attached hydrogen (secondary N) is 1. The van der Waals surface area contributed by atoms with Crippen molar-refractivity contribution in [3.8, 4) is 5.75 Å². The van der Waals surface area contributed by atoms with E-state index in [1.54, 1.807) is 25.3 Å². The van der Waals surface area contributed by atoms with E-state index in [9.17, 15) is 9.18 Å². The number of benzene rings is 2. The highest BCUT2D eigenvalue weighted by Crippen LogP contribution is 2.18. The summed E-state index contributed by atoms with van der Waals surface area (Å²) in [5.41, 5.74) is 3.10. The van der Waals surface area contributed by atoms with Crippen molar-refractivity contribution in [1.82, 2.24) is 5.43 Å². The lowest BCUT2D eigenvalue weighted by atomic mass is 10.2. The Kier molecular flexibility index (Phi) is 5.43. The van der Waals surface area contributed by atoms with Crippen LogP contribution in [0.3, 0.4) is 0 Å². The molecule has 0 spiro atoms. The van der Waals surface area contributed by atoms with Gasteiger partial charge < -0.3 is 4.74 Å². The summed E-state index contributed by atoms with van der Waals surface area (Å²) < 4.78 is 18.6. The molecule has 22 heavy (non-hydrogen) atoms. The average Bonchev–Trinajstić information content (AvgIpc) is 2.55.